The molecule has 0 aliphatic carbocycles. The third-order valence-corrected chi connectivity index (χ3v) is 5.87. The minimum absolute atomic E-state index is 0.0269. The number of rotatable bonds is 4. The van der Waals surface area contributed by atoms with E-state index >= 15 is 0 Å². The first-order valence-corrected chi connectivity index (χ1v) is 10.7. The zero-order chi connectivity index (χ0) is 22.3. The van der Waals surface area contributed by atoms with E-state index in [1.54, 1.807) is 27.7 Å². The molecule has 1 unspecified atom stereocenters. The normalized spacial score (nSPS) is 24.4. The van der Waals surface area contributed by atoms with Crippen LogP contribution in [0.15, 0.2) is 12.1 Å². The van der Waals surface area contributed by atoms with E-state index in [4.69, 9.17) is 10.5 Å². The van der Waals surface area contributed by atoms with Crippen LogP contribution in [0, 0.1) is 5.82 Å². The third-order valence-electron chi connectivity index (χ3n) is 5.87. The van der Waals surface area contributed by atoms with Crippen molar-refractivity contribution >= 4 is 23.4 Å². The molecule has 2 atom stereocenters. The average Bonchev–Trinajstić information content (AvgIpc) is 2.93. The molecule has 0 radical (unpaired) electrons. The van der Waals surface area contributed by atoms with Crippen molar-refractivity contribution in [1.82, 2.24) is 4.90 Å². The number of carbonyl (C=O) groups is 2. The van der Waals surface area contributed by atoms with Gasteiger partial charge in [0, 0.05) is 24.7 Å². The van der Waals surface area contributed by atoms with Crippen LogP contribution in [0.5, 0.6) is 0 Å². The molecular formula is C22H33FN4O3. The predicted octanol–water partition coefficient (Wildman–Crippen LogP) is 3.57. The second-order valence-corrected chi connectivity index (χ2v) is 9.09. The molecule has 0 spiro atoms. The van der Waals surface area contributed by atoms with Crippen molar-refractivity contribution in [2.24, 2.45) is 5.73 Å². The number of ether oxygens (including phenoxy) is 1. The number of piperidine rings is 1. The summed E-state index contributed by atoms with van der Waals surface area (Å²) in [5.74, 6) is -0.706. The summed E-state index contributed by atoms with van der Waals surface area (Å²) >= 11 is 0. The number of fused-ring (bicyclic) bond motifs is 1. The summed E-state index contributed by atoms with van der Waals surface area (Å²) in [6.45, 7) is 10.6. The van der Waals surface area contributed by atoms with Crippen molar-refractivity contribution in [3.8, 4) is 0 Å². The lowest BCUT2D eigenvalue weighted by Crippen LogP contribution is -2.56. The Morgan fingerprint density at radius 2 is 2.10 bits per heavy atom. The molecule has 7 nitrogen and oxygen atoms in total. The number of hydrogen-bond acceptors (Lipinski definition) is 5. The molecule has 1 saturated heterocycles. The van der Waals surface area contributed by atoms with Gasteiger partial charge in [-0.2, -0.15) is 0 Å². The maximum absolute atomic E-state index is 14.8. The fourth-order valence-electron chi connectivity index (χ4n) is 4.56. The second-order valence-electron chi connectivity index (χ2n) is 9.09. The maximum atomic E-state index is 14.8. The van der Waals surface area contributed by atoms with E-state index in [9.17, 15) is 14.0 Å². The third kappa shape index (κ3) is 3.90. The average molecular weight is 421 g/mol. The molecule has 2 aliphatic rings. The topological polar surface area (TPSA) is 87.9 Å². The maximum Gasteiger partial charge on any atom is 0.414 e. The SMILES string of the molecule is CCN(C(=O)OC(C)(C)C)c1cc(F)cc2c1NC(=O)C2(CC)N1CCC[C@@H](N)C1. The van der Waals surface area contributed by atoms with Gasteiger partial charge in [-0.15, -0.1) is 0 Å². The van der Waals surface area contributed by atoms with E-state index in [0.717, 1.165) is 12.8 Å². The highest BCUT2D eigenvalue weighted by Crippen LogP contribution is 2.48. The summed E-state index contributed by atoms with van der Waals surface area (Å²) in [5.41, 5.74) is 5.82. The number of nitrogens with one attached hydrogen (secondary N) is 1. The first-order valence-electron chi connectivity index (χ1n) is 10.7. The fraction of sp³-hybridized carbons (Fsp3) is 0.636. The summed E-state index contributed by atoms with van der Waals surface area (Å²) in [4.78, 5) is 29.5. The number of nitrogens with two attached hydrogens (primary N) is 1. The molecule has 0 aromatic heterocycles. The number of halogens is 1. The molecule has 8 heteroatoms. The van der Waals surface area contributed by atoms with Crippen molar-refractivity contribution in [1.29, 1.82) is 0 Å². The summed E-state index contributed by atoms with van der Waals surface area (Å²) in [5, 5.41) is 2.94. The zero-order valence-corrected chi connectivity index (χ0v) is 18.5. The molecule has 1 fully saturated rings. The van der Waals surface area contributed by atoms with Gasteiger partial charge in [0.2, 0.25) is 5.91 Å². The molecule has 2 heterocycles. The van der Waals surface area contributed by atoms with Gasteiger partial charge in [-0.3, -0.25) is 14.6 Å². The summed E-state index contributed by atoms with van der Waals surface area (Å²) in [6.07, 6.45) is 1.68. The number of anilines is 2. The molecule has 1 aromatic carbocycles. The van der Waals surface area contributed by atoms with E-state index in [1.165, 1.54) is 17.0 Å². The lowest BCUT2D eigenvalue weighted by atomic mass is 9.84. The van der Waals surface area contributed by atoms with E-state index in [-0.39, 0.29) is 18.5 Å². The molecule has 1 aromatic rings. The fourth-order valence-corrected chi connectivity index (χ4v) is 4.56. The molecular weight excluding hydrogens is 387 g/mol. The van der Waals surface area contributed by atoms with Crippen LogP contribution in [-0.4, -0.2) is 48.2 Å². The van der Waals surface area contributed by atoms with E-state index in [0.29, 0.717) is 36.4 Å². The first-order chi connectivity index (χ1) is 14.0. The van der Waals surface area contributed by atoms with Crippen molar-refractivity contribution in [2.75, 3.05) is 29.9 Å². The Morgan fingerprint density at radius 3 is 2.67 bits per heavy atom. The number of nitrogens with zero attached hydrogens (tertiary/aromatic N) is 2. The largest absolute Gasteiger partial charge is 0.443 e. The van der Waals surface area contributed by atoms with Gasteiger partial charge in [0.1, 0.15) is 17.0 Å². The lowest BCUT2D eigenvalue weighted by molar-refractivity contribution is -0.129. The number of hydrogen-bond donors (Lipinski definition) is 2. The van der Waals surface area contributed by atoms with Crippen molar-refractivity contribution in [2.45, 2.75) is 71.1 Å². The monoisotopic (exact) mass is 420 g/mol. The van der Waals surface area contributed by atoms with E-state index in [1.807, 2.05) is 6.92 Å². The van der Waals surface area contributed by atoms with Gasteiger partial charge in [0.25, 0.3) is 0 Å². The minimum atomic E-state index is -1.00. The van der Waals surface area contributed by atoms with Crippen molar-refractivity contribution in [3.05, 3.63) is 23.5 Å². The first kappa shape index (κ1) is 22.5. The molecule has 166 valence electrons. The van der Waals surface area contributed by atoms with Gasteiger partial charge in [0.05, 0.1) is 11.4 Å². The van der Waals surface area contributed by atoms with Crippen molar-refractivity contribution in [3.63, 3.8) is 0 Å². The molecule has 0 saturated carbocycles. The predicted molar refractivity (Wildman–Crippen MR) is 115 cm³/mol. The summed E-state index contributed by atoms with van der Waals surface area (Å²) in [6, 6.07) is 2.66. The molecule has 3 N–H and O–H groups in total. The lowest BCUT2D eigenvalue weighted by Gasteiger charge is -2.43. The minimum Gasteiger partial charge on any atom is -0.443 e. The highest BCUT2D eigenvalue weighted by molar-refractivity contribution is 6.10. The number of benzene rings is 1. The summed E-state index contributed by atoms with van der Waals surface area (Å²) in [7, 11) is 0. The van der Waals surface area contributed by atoms with Crippen LogP contribution < -0.4 is 16.0 Å². The van der Waals surface area contributed by atoms with Crippen LogP contribution in [0.25, 0.3) is 0 Å². The molecule has 0 bridgehead atoms. The van der Waals surface area contributed by atoms with Gasteiger partial charge in [-0.1, -0.05) is 6.92 Å². The van der Waals surface area contributed by atoms with Gasteiger partial charge >= 0.3 is 6.09 Å². The zero-order valence-electron chi connectivity index (χ0n) is 18.5. The number of amides is 2. The van der Waals surface area contributed by atoms with Gasteiger partial charge in [-0.05, 0) is 65.6 Å². The Bertz CT molecular complexity index is 838. The summed E-state index contributed by atoms with van der Waals surface area (Å²) < 4.78 is 20.3. The van der Waals surface area contributed by atoms with Crippen molar-refractivity contribution < 1.29 is 18.7 Å². The van der Waals surface area contributed by atoms with E-state index in [2.05, 4.69) is 10.2 Å². The van der Waals surface area contributed by atoms with Crippen LogP contribution in [0.2, 0.25) is 0 Å². The quantitative estimate of drug-likeness (QED) is 0.778. The Balaban J connectivity index is 2.10. The van der Waals surface area contributed by atoms with Crippen LogP contribution >= 0.6 is 0 Å². The van der Waals surface area contributed by atoms with Crippen LogP contribution in [0.1, 0.15) is 59.4 Å². The van der Waals surface area contributed by atoms with Crippen LogP contribution in [0.3, 0.4) is 0 Å². The second kappa shape index (κ2) is 8.15. The van der Waals surface area contributed by atoms with Gasteiger partial charge in [-0.25, -0.2) is 9.18 Å². The van der Waals surface area contributed by atoms with Gasteiger partial charge in [0.15, 0.2) is 0 Å². The Hall–Kier alpha value is -2.19. The van der Waals surface area contributed by atoms with Gasteiger partial charge < -0.3 is 15.8 Å². The highest BCUT2D eigenvalue weighted by Gasteiger charge is 2.52. The molecule has 30 heavy (non-hydrogen) atoms. The Kier molecular flexibility index (Phi) is 6.11. The van der Waals surface area contributed by atoms with Crippen LogP contribution in [0.4, 0.5) is 20.6 Å². The molecule has 3 rings (SSSR count). The smallest absolute Gasteiger partial charge is 0.414 e. The standard InChI is InChI=1S/C22H33FN4O3/c1-6-22(26-10-8-9-15(24)13-26)16-11-14(23)12-17(18(16)25-19(22)28)27(7-2)20(29)30-21(3,4)5/h11-12,15H,6-10,13,24H2,1-5H3,(H,25,28)/t15-,22?/m1/s1. The number of likely N-dealkylation sites (tertiary alicyclic amines) is 1. The number of carbonyl (C=O) groups excluding carboxylic acids is 2. The Labute approximate surface area is 177 Å². The van der Waals surface area contributed by atoms with Crippen LogP contribution in [-0.2, 0) is 15.1 Å². The molecule has 2 amide bonds. The van der Waals surface area contributed by atoms with E-state index < -0.39 is 23.1 Å². The highest BCUT2D eigenvalue weighted by atomic mass is 19.1. The molecule has 2 aliphatic heterocycles. The Morgan fingerprint density at radius 1 is 1.40 bits per heavy atom.